The molecule has 4 nitrogen and oxygen atoms in total. The molecule has 0 spiro atoms. The van der Waals surface area contributed by atoms with Gasteiger partial charge in [0.05, 0.1) is 12.5 Å². The molecule has 0 radical (unpaired) electrons. The van der Waals surface area contributed by atoms with Crippen molar-refractivity contribution in [1.29, 1.82) is 5.26 Å². The second-order valence-corrected chi connectivity index (χ2v) is 3.76. The molecule has 15 heavy (non-hydrogen) atoms. The fourth-order valence-electron chi connectivity index (χ4n) is 1.29. The van der Waals surface area contributed by atoms with E-state index in [-0.39, 0.29) is 5.91 Å². The molecule has 0 saturated carbocycles. The molecule has 0 fully saturated rings. The molecule has 86 valence electrons. The molecule has 0 aromatic rings. The molecule has 4 heteroatoms. The van der Waals surface area contributed by atoms with E-state index >= 15 is 0 Å². The summed E-state index contributed by atoms with van der Waals surface area (Å²) >= 11 is 0. The maximum atomic E-state index is 11.7. The topological polar surface area (TPSA) is 70.1 Å². The Morgan fingerprint density at radius 2 is 2.27 bits per heavy atom. The van der Waals surface area contributed by atoms with Crippen LogP contribution in [0.1, 0.15) is 33.1 Å². The first-order chi connectivity index (χ1) is 7.15. The van der Waals surface area contributed by atoms with Gasteiger partial charge in [0, 0.05) is 19.5 Å². The van der Waals surface area contributed by atoms with Crippen LogP contribution in [0.4, 0.5) is 0 Å². The van der Waals surface area contributed by atoms with E-state index in [2.05, 4.69) is 0 Å². The van der Waals surface area contributed by atoms with E-state index in [0.717, 1.165) is 6.42 Å². The lowest BCUT2D eigenvalue weighted by atomic mass is 10.1. The highest BCUT2D eigenvalue weighted by Gasteiger charge is 2.12. The predicted octanol–water partition coefficient (Wildman–Crippen LogP) is 1.12. The zero-order valence-electron chi connectivity index (χ0n) is 9.70. The number of carbonyl (C=O) groups excluding carboxylic acids is 1. The standard InChI is InChI=1S/C11H21N3O/c1-3-14(8-4-7-12)11(15)6-5-10(2)9-13/h10H,3-6,8-9,13H2,1-2H3. The molecular weight excluding hydrogens is 190 g/mol. The van der Waals surface area contributed by atoms with Gasteiger partial charge in [-0.2, -0.15) is 5.26 Å². The molecule has 1 amide bonds. The molecule has 2 N–H and O–H groups in total. The maximum absolute atomic E-state index is 11.7. The lowest BCUT2D eigenvalue weighted by molar-refractivity contribution is -0.131. The number of carbonyl (C=O) groups is 1. The zero-order valence-corrected chi connectivity index (χ0v) is 9.70. The molecule has 1 unspecified atom stereocenters. The molecule has 0 rings (SSSR count). The predicted molar refractivity (Wildman–Crippen MR) is 59.9 cm³/mol. The van der Waals surface area contributed by atoms with E-state index in [1.165, 1.54) is 0 Å². The van der Waals surface area contributed by atoms with E-state index in [1.807, 2.05) is 19.9 Å². The largest absolute Gasteiger partial charge is 0.342 e. The summed E-state index contributed by atoms with van der Waals surface area (Å²) in [6.45, 7) is 5.82. The monoisotopic (exact) mass is 211 g/mol. The highest BCUT2D eigenvalue weighted by atomic mass is 16.2. The van der Waals surface area contributed by atoms with Crippen LogP contribution in [0.3, 0.4) is 0 Å². The maximum Gasteiger partial charge on any atom is 0.222 e. The minimum absolute atomic E-state index is 0.132. The molecule has 0 aromatic carbocycles. The number of nitrogens with zero attached hydrogens (tertiary/aromatic N) is 2. The van der Waals surface area contributed by atoms with Crippen molar-refractivity contribution in [2.75, 3.05) is 19.6 Å². The van der Waals surface area contributed by atoms with Crippen molar-refractivity contribution in [2.24, 2.45) is 11.7 Å². The fraction of sp³-hybridized carbons (Fsp3) is 0.818. The van der Waals surface area contributed by atoms with Crippen molar-refractivity contribution in [1.82, 2.24) is 4.90 Å². The number of rotatable bonds is 7. The van der Waals surface area contributed by atoms with Crippen LogP contribution in [0.15, 0.2) is 0 Å². The minimum atomic E-state index is 0.132. The van der Waals surface area contributed by atoms with Crippen LogP contribution in [-0.2, 0) is 4.79 Å². The Morgan fingerprint density at radius 3 is 2.73 bits per heavy atom. The van der Waals surface area contributed by atoms with Gasteiger partial charge in [-0.3, -0.25) is 4.79 Å². The van der Waals surface area contributed by atoms with Gasteiger partial charge >= 0.3 is 0 Å². The molecular formula is C11H21N3O. The first-order valence-electron chi connectivity index (χ1n) is 5.50. The molecule has 0 heterocycles. The summed E-state index contributed by atoms with van der Waals surface area (Å²) in [6.07, 6.45) is 1.78. The highest BCUT2D eigenvalue weighted by Crippen LogP contribution is 2.06. The van der Waals surface area contributed by atoms with Gasteiger partial charge in [-0.25, -0.2) is 0 Å². The Hall–Kier alpha value is -1.08. The lowest BCUT2D eigenvalue weighted by Gasteiger charge is -2.20. The summed E-state index contributed by atoms with van der Waals surface area (Å²) in [4.78, 5) is 13.4. The normalized spacial score (nSPS) is 11.9. The van der Waals surface area contributed by atoms with Crippen LogP contribution in [0, 0.1) is 17.2 Å². The van der Waals surface area contributed by atoms with Crippen molar-refractivity contribution >= 4 is 5.91 Å². The summed E-state index contributed by atoms with van der Waals surface area (Å²) < 4.78 is 0. The van der Waals surface area contributed by atoms with Crippen molar-refractivity contribution in [3.05, 3.63) is 0 Å². The van der Waals surface area contributed by atoms with Crippen LogP contribution in [0.2, 0.25) is 0 Å². The molecule has 1 atom stereocenters. The first-order valence-corrected chi connectivity index (χ1v) is 5.50. The Balaban J connectivity index is 3.89. The van der Waals surface area contributed by atoms with Crippen LogP contribution in [0.5, 0.6) is 0 Å². The average molecular weight is 211 g/mol. The summed E-state index contributed by atoms with van der Waals surface area (Å²) in [5.41, 5.74) is 5.48. The number of nitriles is 1. The van der Waals surface area contributed by atoms with Gasteiger partial charge in [0.1, 0.15) is 0 Å². The molecule has 0 aliphatic rings. The second kappa shape index (κ2) is 8.25. The van der Waals surface area contributed by atoms with E-state index in [1.54, 1.807) is 4.90 Å². The SMILES string of the molecule is CCN(CCC#N)C(=O)CCC(C)CN. The van der Waals surface area contributed by atoms with E-state index in [0.29, 0.717) is 38.4 Å². The average Bonchev–Trinajstić information content (AvgIpc) is 2.26. The minimum Gasteiger partial charge on any atom is -0.342 e. The van der Waals surface area contributed by atoms with Crippen molar-refractivity contribution in [2.45, 2.75) is 33.1 Å². The summed E-state index contributed by atoms with van der Waals surface area (Å²) in [7, 11) is 0. The second-order valence-electron chi connectivity index (χ2n) is 3.76. The van der Waals surface area contributed by atoms with Gasteiger partial charge in [-0.1, -0.05) is 6.92 Å². The van der Waals surface area contributed by atoms with Gasteiger partial charge in [0.25, 0.3) is 0 Å². The number of hydrogen-bond donors (Lipinski definition) is 1. The van der Waals surface area contributed by atoms with Crippen LogP contribution in [-0.4, -0.2) is 30.4 Å². The first kappa shape index (κ1) is 13.9. The highest BCUT2D eigenvalue weighted by molar-refractivity contribution is 5.76. The van der Waals surface area contributed by atoms with Crippen LogP contribution < -0.4 is 5.73 Å². The molecule has 0 aliphatic heterocycles. The summed E-state index contributed by atoms with van der Waals surface area (Å²) in [5.74, 6) is 0.525. The van der Waals surface area contributed by atoms with Crippen LogP contribution >= 0.6 is 0 Å². The third-order valence-corrected chi connectivity index (χ3v) is 2.48. The van der Waals surface area contributed by atoms with Crippen molar-refractivity contribution in [3.63, 3.8) is 0 Å². The van der Waals surface area contributed by atoms with Gasteiger partial charge in [0.15, 0.2) is 0 Å². The third-order valence-electron chi connectivity index (χ3n) is 2.48. The molecule has 0 aromatic heterocycles. The fourth-order valence-corrected chi connectivity index (χ4v) is 1.29. The molecule has 0 saturated heterocycles. The van der Waals surface area contributed by atoms with Gasteiger partial charge in [-0.15, -0.1) is 0 Å². The van der Waals surface area contributed by atoms with Crippen LogP contribution in [0.25, 0.3) is 0 Å². The smallest absolute Gasteiger partial charge is 0.222 e. The molecule has 0 bridgehead atoms. The van der Waals surface area contributed by atoms with Crippen molar-refractivity contribution < 1.29 is 4.79 Å². The van der Waals surface area contributed by atoms with E-state index in [9.17, 15) is 4.79 Å². The van der Waals surface area contributed by atoms with Gasteiger partial charge in [0.2, 0.25) is 5.91 Å². The quantitative estimate of drug-likeness (QED) is 0.686. The Bertz CT molecular complexity index is 222. The number of hydrogen-bond acceptors (Lipinski definition) is 3. The summed E-state index contributed by atoms with van der Waals surface area (Å²) in [6, 6.07) is 2.05. The lowest BCUT2D eigenvalue weighted by Crippen LogP contribution is -2.32. The number of amides is 1. The summed E-state index contributed by atoms with van der Waals surface area (Å²) in [5, 5.41) is 8.44. The Morgan fingerprint density at radius 1 is 1.60 bits per heavy atom. The third kappa shape index (κ3) is 6.08. The number of nitrogens with two attached hydrogens (primary N) is 1. The zero-order chi connectivity index (χ0) is 11.7. The van der Waals surface area contributed by atoms with E-state index in [4.69, 9.17) is 11.0 Å². The molecule has 0 aliphatic carbocycles. The van der Waals surface area contributed by atoms with Gasteiger partial charge in [-0.05, 0) is 25.8 Å². The Kier molecular flexibility index (Phi) is 7.65. The van der Waals surface area contributed by atoms with Crippen molar-refractivity contribution in [3.8, 4) is 6.07 Å². The Labute approximate surface area is 92.0 Å². The van der Waals surface area contributed by atoms with Gasteiger partial charge < -0.3 is 10.6 Å². The van der Waals surface area contributed by atoms with E-state index < -0.39 is 0 Å².